The Bertz CT molecular complexity index is 965. The molecule has 23 heavy (non-hydrogen) atoms. The maximum atomic E-state index is 12.6. The fourth-order valence-corrected chi connectivity index (χ4v) is 3.38. The van der Waals surface area contributed by atoms with Crippen molar-refractivity contribution in [3.63, 3.8) is 0 Å². The van der Waals surface area contributed by atoms with Gasteiger partial charge in [-0.1, -0.05) is 18.2 Å². The van der Waals surface area contributed by atoms with E-state index in [-0.39, 0.29) is 9.79 Å². The van der Waals surface area contributed by atoms with E-state index in [9.17, 15) is 13.2 Å². The summed E-state index contributed by atoms with van der Waals surface area (Å²) in [5, 5.41) is 2.48. The van der Waals surface area contributed by atoms with E-state index in [1.165, 1.54) is 42.1 Å². The van der Waals surface area contributed by atoms with E-state index in [1.54, 1.807) is 24.3 Å². The molecule has 2 heterocycles. The zero-order valence-corrected chi connectivity index (χ0v) is 12.9. The highest BCUT2D eigenvalue weighted by Gasteiger charge is 2.19. The van der Waals surface area contributed by atoms with Crippen LogP contribution in [0.4, 0.5) is 10.6 Å². The lowest BCUT2D eigenvalue weighted by molar-refractivity contribution is 0.187. The number of anilines is 1. The largest absolute Gasteiger partial charge is 0.453 e. The van der Waals surface area contributed by atoms with Crippen molar-refractivity contribution in [1.82, 2.24) is 9.38 Å². The number of pyridine rings is 1. The van der Waals surface area contributed by atoms with E-state index in [4.69, 9.17) is 0 Å². The molecule has 0 saturated carbocycles. The predicted octanol–water partition coefficient (Wildman–Crippen LogP) is 2.35. The summed E-state index contributed by atoms with van der Waals surface area (Å²) < 4.78 is 31.3. The highest BCUT2D eigenvalue weighted by atomic mass is 32.2. The van der Waals surface area contributed by atoms with Crippen molar-refractivity contribution in [1.29, 1.82) is 0 Å². The van der Waals surface area contributed by atoms with Crippen molar-refractivity contribution in [3.8, 4) is 0 Å². The minimum atomic E-state index is -3.65. The number of rotatable bonds is 3. The normalized spacial score (nSPS) is 11.3. The number of methoxy groups -OCH3 is 1. The van der Waals surface area contributed by atoms with Gasteiger partial charge in [0.15, 0.2) is 0 Å². The first kappa shape index (κ1) is 15.0. The molecule has 1 amide bonds. The Morgan fingerprint density at radius 3 is 2.57 bits per heavy atom. The van der Waals surface area contributed by atoms with Gasteiger partial charge in [0.25, 0.3) is 0 Å². The lowest BCUT2D eigenvalue weighted by Gasteiger charge is -2.07. The zero-order valence-electron chi connectivity index (χ0n) is 12.1. The van der Waals surface area contributed by atoms with Crippen LogP contribution in [-0.4, -0.2) is 31.0 Å². The fourth-order valence-electron chi connectivity index (χ4n) is 2.10. The van der Waals surface area contributed by atoms with E-state index in [0.717, 1.165) is 0 Å². The molecule has 0 bridgehead atoms. The number of amides is 1. The summed E-state index contributed by atoms with van der Waals surface area (Å²) in [6.07, 6.45) is 2.17. The Kier molecular flexibility index (Phi) is 3.75. The number of carbonyl (C=O) groups excluding carboxylic acids is 1. The van der Waals surface area contributed by atoms with E-state index >= 15 is 0 Å². The first-order valence-electron chi connectivity index (χ1n) is 6.64. The molecule has 0 aliphatic heterocycles. The van der Waals surface area contributed by atoms with E-state index < -0.39 is 15.9 Å². The number of nitrogens with one attached hydrogen (secondary N) is 1. The Balaban J connectivity index is 2.09. The molecule has 0 aliphatic carbocycles. The van der Waals surface area contributed by atoms with Crippen molar-refractivity contribution in [2.24, 2.45) is 0 Å². The second kappa shape index (κ2) is 5.73. The Morgan fingerprint density at radius 1 is 1.13 bits per heavy atom. The van der Waals surface area contributed by atoms with Crippen LogP contribution in [-0.2, 0) is 14.6 Å². The van der Waals surface area contributed by atoms with Gasteiger partial charge in [-0.25, -0.2) is 18.2 Å². The van der Waals surface area contributed by atoms with Crippen LogP contribution >= 0.6 is 0 Å². The number of aromatic nitrogens is 2. The number of sulfone groups is 1. The molecule has 7 nitrogen and oxygen atoms in total. The summed E-state index contributed by atoms with van der Waals surface area (Å²) in [7, 11) is -2.41. The van der Waals surface area contributed by atoms with E-state index in [0.29, 0.717) is 11.5 Å². The number of benzene rings is 1. The second-order valence-electron chi connectivity index (χ2n) is 4.67. The number of hydrogen-bond donors (Lipinski definition) is 1. The van der Waals surface area contributed by atoms with Gasteiger partial charge in [-0.3, -0.25) is 9.72 Å². The Morgan fingerprint density at radius 2 is 1.87 bits per heavy atom. The van der Waals surface area contributed by atoms with E-state index in [2.05, 4.69) is 15.0 Å². The Labute approximate surface area is 132 Å². The first-order valence-corrected chi connectivity index (χ1v) is 8.13. The molecule has 0 atom stereocenters. The van der Waals surface area contributed by atoms with Gasteiger partial charge in [0.2, 0.25) is 9.84 Å². The van der Waals surface area contributed by atoms with Crippen molar-refractivity contribution in [3.05, 3.63) is 54.9 Å². The van der Waals surface area contributed by atoms with Gasteiger partial charge in [0.1, 0.15) is 11.5 Å². The molecule has 3 aromatic rings. The highest BCUT2D eigenvalue weighted by molar-refractivity contribution is 7.91. The van der Waals surface area contributed by atoms with Gasteiger partial charge < -0.3 is 4.74 Å². The summed E-state index contributed by atoms with van der Waals surface area (Å²) in [6.45, 7) is 0. The average molecular weight is 331 g/mol. The molecule has 1 N–H and O–H groups in total. The van der Waals surface area contributed by atoms with Gasteiger partial charge in [-0.2, -0.15) is 0 Å². The zero-order chi connectivity index (χ0) is 16.4. The van der Waals surface area contributed by atoms with Crippen LogP contribution in [0.1, 0.15) is 0 Å². The quantitative estimate of drug-likeness (QED) is 0.795. The van der Waals surface area contributed by atoms with Gasteiger partial charge >= 0.3 is 6.09 Å². The third kappa shape index (κ3) is 2.76. The molecule has 2 aromatic heterocycles. The molecule has 0 fully saturated rings. The van der Waals surface area contributed by atoms with Gasteiger partial charge in [0, 0.05) is 6.20 Å². The lowest BCUT2D eigenvalue weighted by atomic mass is 10.4. The first-order chi connectivity index (χ1) is 11.0. The van der Waals surface area contributed by atoms with Crippen LogP contribution < -0.4 is 5.32 Å². The summed E-state index contributed by atoms with van der Waals surface area (Å²) in [4.78, 5) is 15.7. The number of nitrogens with zero attached hydrogens (tertiary/aromatic N) is 2. The van der Waals surface area contributed by atoms with Gasteiger partial charge in [0.05, 0.1) is 23.1 Å². The third-order valence-corrected chi connectivity index (χ3v) is 5.01. The highest BCUT2D eigenvalue weighted by Crippen LogP contribution is 2.22. The topological polar surface area (TPSA) is 89.8 Å². The molecule has 118 valence electrons. The number of ether oxygens (including phenoxy) is 1. The van der Waals surface area contributed by atoms with Crippen molar-refractivity contribution >= 4 is 27.4 Å². The second-order valence-corrected chi connectivity index (χ2v) is 6.62. The molecule has 3 rings (SSSR count). The van der Waals surface area contributed by atoms with Crippen molar-refractivity contribution < 1.29 is 17.9 Å². The van der Waals surface area contributed by atoms with Crippen molar-refractivity contribution in [2.75, 3.05) is 12.4 Å². The predicted molar refractivity (Wildman–Crippen MR) is 83.1 cm³/mol. The average Bonchev–Trinajstić information content (AvgIpc) is 2.97. The molecule has 0 saturated heterocycles. The van der Waals surface area contributed by atoms with Crippen LogP contribution in [0.25, 0.3) is 5.65 Å². The lowest BCUT2D eigenvalue weighted by Crippen LogP contribution is -2.12. The number of fused-ring (bicyclic) bond motifs is 1. The summed E-state index contributed by atoms with van der Waals surface area (Å²) in [5.41, 5.74) is 0.503. The minimum Gasteiger partial charge on any atom is -0.453 e. The standard InChI is InChI=1S/C15H13N3O4S/c1-22-15(19)17-14-9-16-13-8-7-12(10-18(13)14)23(20,21)11-5-3-2-4-6-11/h2-10H,1H3,(H,17,19). The smallest absolute Gasteiger partial charge is 0.412 e. The van der Waals surface area contributed by atoms with Crippen LogP contribution in [0.3, 0.4) is 0 Å². The molecule has 0 spiro atoms. The van der Waals surface area contributed by atoms with Gasteiger partial charge in [-0.15, -0.1) is 0 Å². The fraction of sp³-hybridized carbons (Fsp3) is 0.0667. The number of carbonyl (C=O) groups is 1. The molecule has 0 aliphatic rings. The SMILES string of the molecule is COC(=O)Nc1cnc2ccc(S(=O)(=O)c3ccccc3)cn12. The van der Waals surface area contributed by atoms with Crippen LogP contribution in [0.15, 0.2) is 64.6 Å². The van der Waals surface area contributed by atoms with E-state index in [1.807, 2.05) is 0 Å². The molecular formula is C15H13N3O4S. The molecule has 1 aromatic carbocycles. The van der Waals surface area contributed by atoms with Crippen LogP contribution in [0.5, 0.6) is 0 Å². The monoisotopic (exact) mass is 331 g/mol. The minimum absolute atomic E-state index is 0.0992. The maximum absolute atomic E-state index is 12.6. The van der Waals surface area contributed by atoms with Crippen LogP contribution in [0.2, 0.25) is 0 Å². The number of imidazole rings is 1. The molecule has 0 unspecified atom stereocenters. The number of hydrogen-bond acceptors (Lipinski definition) is 5. The molecule has 0 radical (unpaired) electrons. The van der Waals surface area contributed by atoms with Crippen LogP contribution in [0, 0.1) is 0 Å². The summed E-state index contributed by atoms with van der Waals surface area (Å²) >= 11 is 0. The van der Waals surface area contributed by atoms with Gasteiger partial charge in [-0.05, 0) is 24.3 Å². The Hall–Kier alpha value is -2.87. The summed E-state index contributed by atoms with van der Waals surface area (Å²) in [5.74, 6) is 0.317. The van der Waals surface area contributed by atoms with Crippen molar-refractivity contribution in [2.45, 2.75) is 9.79 Å². The third-order valence-electron chi connectivity index (χ3n) is 3.26. The molecule has 8 heteroatoms. The molecular weight excluding hydrogens is 318 g/mol. The maximum Gasteiger partial charge on any atom is 0.412 e. The summed E-state index contributed by atoms with van der Waals surface area (Å²) in [6, 6.07) is 11.2.